The van der Waals surface area contributed by atoms with Crippen LogP contribution in [0.3, 0.4) is 0 Å². The highest BCUT2D eigenvalue weighted by molar-refractivity contribution is 7.15. The van der Waals surface area contributed by atoms with Crippen molar-refractivity contribution >= 4 is 28.6 Å². The van der Waals surface area contributed by atoms with E-state index in [4.69, 9.17) is 21.3 Å². The molecule has 152 valence electrons. The van der Waals surface area contributed by atoms with Crippen molar-refractivity contribution in [3.63, 3.8) is 0 Å². The maximum absolute atomic E-state index is 6.50. The van der Waals surface area contributed by atoms with Crippen LogP contribution in [0.4, 0.5) is 0 Å². The number of aryl methyl sites for hydroxylation is 1. The Morgan fingerprint density at radius 2 is 2.06 bits per heavy atom. The van der Waals surface area contributed by atoms with Gasteiger partial charge in [-0.3, -0.25) is 14.5 Å². The molecule has 0 unspecified atom stereocenters. The van der Waals surface area contributed by atoms with E-state index in [2.05, 4.69) is 27.0 Å². The third kappa shape index (κ3) is 3.83. The Kier molecular flexibility index (Phi) is 5.24. The summed E-state index contributed by atoms with van der Waals surface area (Å²) in [6.45, 7) is 2.65. The van der Waals surface area contributed by atoms with Gasteiger partial charge in [0.25, 0.3) is 0 Å². The average Bonchev–Trinajstić information content (AvgIpc) is 3.32. The van der Waals surface area contributed by atoms with Crippen LogP contribution in [0.5, 0.6) is 5.75 Å². The fourth-order valence-corrected chi connectivity index (χ4v) is 4.67. The predicted octanol–water partition coefficient (Wildman–Crippen LogP) is 4.47. The molecule has 0 amide bonds. The summed E-state index contributed by atoms with van der Waals surface area (Å²) >= 11 is 8.08. The Morgan fingerprint density at radius 3 is 2.90 bits per heavy atom. The minimum atomic E-state index is 0.274. The number of benzene rings is 1. The maximum Gasteiger partial charge on any atom is 0.160 e. The van der Waals surface area contributed by atoms with Crippen molar-refractivity contribution in [3.8, 4) is 22.6 Å². The second-order valence-electron chi connectivity index (χ2n) is 6.75. The molecule has 0 saturated carbocycles. The minimum Gasteiger partial charge on any atom is -0.479 e. The Labute approximate surface area is 188 Å². The van der Waals surface area contributed by atoms with E-state index in [0.717, 1.165) is 38.4 Å². The highest BCUT2D eigenvalue weighted by Gasteiger charge is 2.25. The molecular weight excluding hydrogens is 430 g/mol. The molecule has 1 aliphatic heterocycles. The van der Waals surface area contributed by atoms with E-state index in [0.29, 0.717) is 17.3 Å². The van der Waals surface area contributed by atoms with Crippen LogP contribution in [0.1, 0.15) is 27.7 Å². The molecule has 3 aromatic heterocycles. The Morgan fingerprint density at radius 1 is 1.16 bits per heavy atom. The second-order valence-corrected chi connectivity index (χ2v) is 8.19. The van der Waals surface area contributed by atoms with Gasteiger partial charge in [-0.1, -0.05) is 41.6 Å². The highest BCUT2D eigenvalue weighted by Crippen LogP contribution is 2.34. The number of hydrogen-bond donors (Lipinski definition) is 0. The van der Waals surface area contributed by atoms with E-state index in [1.165, 1.54) is 0 Å². The van der Waals surface area contributed by atoms with E-state index in [1.54, 1.807) is 23.7 Å². The van der Waals surface area contributed by atoms with Gasteiger partial charge in [0.1, 0.15) is 29.7 Å². The van der Waals surface area contributed by atoms with Crippen molar-refractivity contribution in [1.29, 1.82) is 0 Å². The monoisotopic (exact) mass is 445 g/mol. The summed E-state index contributed by atoms with van der Waals surface area (Å²) in [4.78, 5) is 9.77. The van der Waals surface area contributed by atoms with Gasteiger partial charge in [-0.05, 0) is 31.2 Å². The summed E-state index contributed by atoms with van der Waals surface area (Å²) in [6.07, 6.45) is 3.37. The Hall–Kier alpha value is -3.47. The Balaban J connectivity index is 1.52. The van der Waals surface area contributed by atoms with Crippen LogP contribution in [0.15, 0.2) is 59.9 Å². The lowest BCUT2D eigenvalue weighted by Crippen LogP contribution is -2.05. The summed E-state index contributed by atoms with van der Waals surface area (Å²) in [5.74, 6) is 8.58. The number of ether oxygens (including phenoxy) is 1. The standard InChI is InChI=1S/C23H16ClN5OS/c1-15-27-28-21-14-26-22(18-8-2-3-9-20(18)24)19-12-17(31-23(19)29(15)21)7-5-11-30-16-6-4-10-25-13-16/h2-4,6,8-10,12-13H,11,14H2,1H3. The zero-order valence-electron chi connectivity index (χ0n) is 16.5. The van der Waals surface area contributed by atoms with E-state index in [1.807, 2.05) is 54.0 Å². The predicted molar refractivity (Wildman–Crippen MR) is 121 cm³/mol. The van der Waals surface area contributed by atoms with Crippen molar-refractivity contribution in [3.05, 3.63) is 87.5 Å². The van der Waals surface area contributed by atoms with Crippen LogP contribution in [0, 0.1) is 18.8 Å². The first kappa shape index (κ1) is 19.5. The van der Waals surface area contributed by atoms with E-state index >= 15 is 0 Å². The number of aliphatic imine (C=N–C) groups is 1. The number of thiophene rings is 1. The largest absolute Gasteiger partial charge is 0.479 e. The lowest BCUT2D eigenvalue weighted by Gasteiger charge is -2.08. The summed E-state index contributed by atoms with van der Waals surface area (Å²) in [5, 5.41) is 10.2. The van der Waals surface area contributed by atoms with Gasteiger partial charge in [0.2, 0.25) is 0 Å². The summed E-state index contributed by atoms with van der Waals surface area (Å²) in [5.41, 5.74) is 2.69. The van der Waals surface area contributed by atoms with Gasteiger partial charge < -0.3 is 4.74 Å². The van der Waals surface area contributed by atoms with Crippen LogP contribution in [0.2, 0.25) is 5.02 Å². The van der Waals surface area contributed by atoms with Crippen LogP contribution < -0.4 is 4.74 Å². The van der Waals surface area contributed by atoms with Crippen molar-refractivity contribution in [1.82, 2.24) is 19.7 Å². The van der Waals surface area contributed by atoms with Gasteiger partial charge in [0, 0.05) is 22.3 Å². The number of pyridine rings is 1. The lowest BCUT2D eigenvalue weighted by molar-refractivity contribution is 0.368. The maximum atomic E-state index is 6.50. The number of fused-ring (bicyclic) bond motifs is 3. The molecule has 1 aromatic carbocycles. The smallest absolute Gasteiger partial charge is 0.160 e. The fourth-order valence-electron chi connectivity index (χ4n) is 3.35. The van der Waals surface area contributed by atoms with Gasteiger partial charge in [0.15, 0.2) is 5.82 Å². The van der Waals surface area contributed by atoms with Crippen LogP contribution in [-0.2, 0) is 6.54 Å². The average molecular weight is 446 g/mol. The zero-order chi connectivity index (χ0) is 21.2. The van der Waals surface area contributed by atoms with Crippen molar-refractivity contribution in [2.45, 2.75) is 13.5 Å². The van der Waals surface area contributed by atoms with Crippen LogP contribution in [-0.4, -0.2) is 32.1 Å². The molecule has 6 nitrogen and oxygen atoms in total. The number of nitrogens with zero attached hydrogens (tertiary/aromatic N) is 5. The quantitative estimate of drug-likeness (QED) is 0.436. The first-order chi connectivity index (χ1) is 15.2. The number of halogens is 1. The summed E-state index contributed by atoms with van der Waals surface area (Å²) in [7, 11) is 0. The molecule has 0 aliphatic carbocycles. The van der Waals surface area contributed by atoms with E-state index in [9.17, 15) is 0 Å². The van der Waals surface area contributed by atoms with E-state index in [-0.39, 0.29) is 6.61 Å². The van der Waals surface area contributed by atoms with Crippen molar-refractivity contribution in [2.24, 2.45) is 4.99 Å². The number of hydrogen-bond acceptors (Lipinski definition) is 6. The molecule has 0 saturated heterocycles. The molecule has 0 bridgehead atoms. The molecule has 31 heavy (non-hydrogen) atoms. The third-order valence-corrected chi connectivity index (χ3v) is 6.09. The molecular formula is C23H16ClN5OS. The first-order valence-electron chi connectivity index (χ1n) is 9.57. The minimum absolute atomic E-state index is 0.274. The number of rotatable bonds is 3. The van der Waals surface area contributed by atoms with Gasteiger partial charge in [-0.15, -0.1) is 21.5 Å². The van der Waals surface area contributed by atoms with Gasteiger partial charge in [0.05, 0.1) is 16.8 Å². The van der Waals surface area contributed by atoms with Crippen molar-refractivity contribution < 1.29 is 4.74 Å². The molecule has 0 fully saturated rings. The molecule has 0 spiro atoms. The van der Waals surface area contributed by atoms with Crippen molar-refractivity contribution in [2.75, 3.05) is 6.61 Å². The lowest BCUT2D eigenvalue weighted by atomic mass is 10.0. The fraction of sp³-hybridized carbons (Fsp3) is 0.130. The molecule has 4 heterocycles. The molecule has 4 aromatic rings. The molecule has 1 aliphatic rings. The SMILES string of the molecule is Cc1nnc2n1-c1sc(C#CCOc3cccnc3)cc1C(c1ccccc1Cl)=NC2. The summed E-state index contributed by atoms with van der Waals surface area (Å²) < 4.78 is 7.67. The van der Waals surface area contributed by atoms with Gasteiger partial charge >= 0.3 is 0 Å². The first-order valence-corrected chi connectivity index (χ1v) is 10.8. The molecule has 0 radical (unpaired) electrons. The summed E-state index contributed by atoms with van der Waals surface area (Å²) in [6, 6.07) is 13.5. The normalized spacial score (nSPS) is 12.1. The van der Waals surface area contributed by atoms with Crippen LogP contribution >= 0.6 is 22.9 Å². The van der Waals surface area contributed by atoms with E-state index < -0.39 is 0 Å². The third-order valence-electron chi connectivity index (χ3n) is 4.73. The van der Waals surface area contributed by atoms with Gasteiger partial charge in [-0.2, -0.15) is 0 Å². The number of aromatic nitrogens is 4. The molecule has 5 rings (SSSR count). The second kappa shape index (κ2) is 8.34. The van der Waals surface area contributed by atoms with Crippen LogP contribution in [0.25, 0.3) is 5.00 Å². The zero-order valence-corrected chi connectivity index (χ0v) is 18.1. The molecule has 8 heteroatoms. The highest BCUT2D eigenvalue weighted by atomic mass is 35.5. The Bertz CT molecular complexity index is 1350. The topological polar surface area (TPSA) is 65.2 Å². The van der Waals surface area contributed by atoms with Gasteiger partial charge in [-0.25, -0.2) is 0 Å². The molecule has 0 N–H and O–H groups in total. The molecule has 0 atom stereocenters.